The Morgan fingerprint density at radius 1 is 0.140 bits per heavy atom. The zero-order valence-corrected chi connectivity index (χ0v) is 73.6. The molecule has 0 aliphatic rings. The van der Waals surface area contributed by atoms with Crippen LogP contribution in [-0.4, -0.2) is 39.0 Å². The van der Waals surface area contributed by atoms with E-state index in [-0.39, 0.29) is 0 Å². The molecule has 0 aliphatic heterocycles. The number of aromatic nitrogens is 8. The van der Waals surface area contributed by atoms with Crippen molar-refractivity contribution in [1.29, 1.82) is 0 Å². The molecule has 20 aromatic carbocycles. The zero-order chi connectivity index (χ0) is 89.9. The number of hydrogen-bond acceptors (Lipinski definition) is 8. The van der Waals surface area contributed by atoms with E-state index in [1.807, 2.05) is 24.3 Å². The lowest BCUT2D eigenvalue weighted by Gasteiger charge is -2.10. The van der Waals surface area contributed by atoms with Crippen LogP contribution in [0, 0.1) is 0 Å². The molecule has 6 heterocycles. The SMILES string of the molecule is c1ccc(-c2ccc(-c3nc(-c4ccc(-c5ccccc5)cc4)nc(-c4ccc5c(c4)oc4c5ccc5c6ccccc6n(-c6ccc(-c7cccc(-c8ccccc8)c7)cc6)c54)n3)cc2)cc1.c1ccc(-c2ccc(-c3nc(-c4cccc(-c5ccccc5)c4)nc(-c4ccc5c(c4)oc4c5ccc5c6ccccc6n(-c6ccc(-c7cccc(-c8ccccc8)c7)cc6)c54)n3)cc2)cc1. The van der Waals surface area contributed by atoms with Gasteiger partial charge in [0.2, 0.25) is 0 Å². The van der Waals surface area contributed by atoms with Gasteiger partial charge in [0.1, 0.15) is 11.2 Å². The van der Waals surface area contributed by atoms with Crippen molar-refractivity contribution in [2.45, 2.75) is 0 Å². The number of rotatable bonds is 16. The average molecular weight is 1740 g/mol. The smallest absolute Gasteiger partial charge is 0.164 e. The topological polar surface area (TPSA) is 113 Å². The molecule has 0 radical (unpaired) electrons. The van der Waals surface area contributed by atoms with Crippen molar-refractivity contribution in [2.24, 2.45) is 0 Å². The number of para-hydroxylation sites is 2. The van der Waals surface area contributed by atoms with Gasteiger partial charge in [-0.05, 0) is 180 Å². The van der Waals surface area contributed by atoms with Gasteiger partial charge in [0, 0.05) is 87.8 Å². The van der Waals surface area contributed by atoms with Gasteiger partial charge in [0.15, 0.2) is 46.1 Å². The monoisotopic (exact) mass is 1740 g/mol. The summed E-state index contributed by atoms with van der Waals surface area (Å²) >= 11 is 0. The van der Waals surface area contributed by atoms with Gasteiger partial charge in [-0.3, -0.25) is 0 Å². The molecule has 136 heavy (non-hydrogen) atoms. The first-order chi connectivity index (χ1) is 67.4. The van der Waals surface area contributed by atoms with E-state index in [9.17, 15) is 0 Å². The molecule has 636 valence electrons. The molecule has 0 saturated heterocycles. The molecule has 0 unspecified atom stereocenters. The molecule has 0 atom stereocenters. The van der Waals surface area contributed by atoms with Crippen LogP contribution in [0.4, 0.5) is 0 Å². The number of hydrogen-bond donors (Lipinski definition) is 0. The molecule has 0 saturated carbocycles. The summed E-state index contributed by atoms with van der Waals surface area (Å²) in [6.07, 6.45) is 0. The lowest BCUT2D eigenvalue weighted by Crippen LogP contribution is -2.00. The molecule has 0 bridgehead atoms. The molecule has 10 nitrogen and oxygen atoms in total. The predicted molar refractivity (Wildman–Crippen MR) is 559 cm³/mol. The zero-order valence-electron chi connectivity index (χ0n) is 73.6. The molecule has 0 spiro atoms. The normalized spacial score (nSPS) is 11.5. The van der Waals surface area contributed by atoms with E-state index < -0.39 is 0 Å². The second-order valence-electron chi connectivity index (χ2n) is 34.4. The summed E-state index contributed by atoms with van der Waals surface area (Å²) in [6, 6.07) is 170. The highest BCUT2D eigenvalue weighted by Gasteiger charge is 2.25. The van der Waals surface area contributed by atoms with Crippen molar-refractivity contribution in [3.05, 3.63) is 485 Å². The second-order valence-corrected chi connectivity index (χ2v) is 34.4. The summed E-state index contributed by atoms with van der Waals surface area (Å²) in [5.74, 6) is 3.53. The third-order valence-corrected chi connectivity index (χ3v) is 26.2. The van der Waals surface area contributed by atoms with E-state index in [0.717, 1.165) is 177 Å². The summed E-state index contributed by atoms with van der Waals surface area (Å²) in [6.45, 7) is 0. The highest BCUT2D eigenvalue weighted by Crippen LogP contribution is 2.46. The molecule has 0 amide bonds. The first-order valence-corrected chi connectivity index (χ1v) is 45.8. The Labute approximate surface area is 784 Å². The molecular formula is C126H80N8O2. The Balaban J connectivity index is 0.000000145. The first-order valence-electron chi connectivity index (χ1n) is 45.8. The van der Waals surface area contributed by atoms with Crippen LogP contribution < -0.4 is 0 Å². The largest absolute Gasteiger partial charge is 0.454 e. The van der Waals surface area contributed by atoms with Crippen molar-refractivity contribution in [1.82, 2.24) is 39.0 Å². The van der Waals surface area contributed by atoms with Crippen LogP contribution in [0.2, 0.25) is 0 Å². The van der Waals surface area contributed by atoms with E-state index in [2.05, 4.69) is 470 Å². The summed E-state index contributed by atoms with van der Waals surface area (Å²) in [7, 11) is 0. The van der Waals surface area contributed by atoms with Crippen molar-refractivity contribution in [3.63, 3.8) is 0 Å². The maximum atomic E-state index is 7.03. The molecule has 26 rings (SSSR count). The van der Waals surface area contributed by atoms with Crippen LogP contribution in [0.15, 0.2) is 494 Å². The Bertz CT molecular complexity index is 8910. The van der Waals surface area contributed by atoms with Crippen LogP contribution in [-0.2, 0) is 0 Å². The molecule has 0 N–H and O–H groups in total. The maximum absolute atomic E-state index is 7.03. The minimum atomic E-state index is 0.568. The van der Waals surface area contributed by atoms with Crippen LogP contribution in [0.1, 0.15) is 0 Å². The highest BCUT2D eigenvalue weighted by molar-refractivity contribution is 6.23. The van der Waals surface area contributed by atoms with Crippen molar-refractivity contribution in [2.75, 3.05) is 0 Å². The minimum Gasteiger partial charge on any atom is -0.454 e. The standard InChI is InChI=1S/2C63H40N4O/c1-4-14-41(15-5-1)44-26-28-46(29-27-44)61-64-62(50-23-13-22-49(39-50)43-18-8-3-9-19-43)66-63(65-61)51-32-35-54-56-37-36-55-53-24-10-11-25-57(53)67(59(55)60(56)68-58(54)40-51)52-33-30-45(31-34-52)48-21-12-20-47(38-48)42-16-6-2-7-17-42;1-4-13-41(14-5-1)44-23-27-47(28-24-44)61-64-62(48-29-25-45(26-30-48)42-15-6-2-7-16-42)66-63(65-61)51-33-36-54-56-38-37-55-53-21-10-11-22-57(53)67(59(55)60(56)68-58(54)40-51)52-34-31-46(32-35-52)50-20-12-19-49(39-50)43-17-8-3-9-18-43/h2*1-40H. The van der Waals surface area contributed by atoms with Gasteiger partial charge in [-0.2, -0.15) is 0 Å². The fraction of sp³-hybridized carbons (Fsp3) is 0. The van der Waals surface area contributed by atoms with Crippen molar-refractivity contribution in [3.8, 4) is 169 Å². The third kappa shape index (κ3) is 14.9. The molecular weight excluding hydrogens is 1660 g/mol. The number of furan rings is 2. The van der Waals surface area contributed by atoms with Crippen molar-refractivity contribution < 1.29 is 8.83 Å². The number of benzene rings is 20. The first kappa shape index (κ1) is 79.8. The summed E-state index contributed by atoms with van der Waals surface area (Å²) < 4.78 is 18.7. The minimum absolute atomic E-state index is 0.568. The summed E-state index contributed by atoms with van der Waals surface area (Å²) in [5, 5.41) is 8.76. The number of nitrogens with zero attached hydrogens (tertiary/aromatic N) is 8. The van der Waals surface area contributed by atoms with E-state index in [4.69, 9.17) is 38.7 Å². The van der Waals surface area contributed by atoms with Gasteiger partial charge in [0.05, 0.1) is 22.1 Å². The van der Waals surface area contributed by atoms with Crippen LogP contribution >= 0.6 is 0 Å². The van der Waals surface area contributed by atoms with E-state index in [0.29, 0.717) is 34.9 Å². The Morgan fingerprint density at radius 2 is 0.346 bits per heavy atom. The lowest BCUT2D eigenvalue weighted by molar-refractivity contribution is 0.671. The van der Waals surface area contributed by atoms with Gasteiger partial charge < -0.3 is 18.0 Å². The van der Waals surface area contributed by atoms with E-state index >= 15 is 0 Å². The number of fused-ring (bicyclic) bond motifs is 14. The van der Waals surface area contributed by atoms with Crippen LogP contribution in [0.5, 0.6) is 0 Å². The highest BCUT2D eigenvalue weighted by atomic mass is 16.3. The van der Waals surface area contributed by atoms with Gasteiger partial charge in [0.25, 0.3) is 0 Å². The third-order valence-electron chi connectivity index (χ3n) is 26.2. The van der Waals surface area contributed by atoms with Gasteiger partial charge >= 0.3 is 0 Å². The summed E-state index contributed by atoms with van der Waals surface area (Å²) in [5.41, 5.74) is 33.5. The molecule has 10 heteroatoms. The quantitative estimate of drug-likeness (QED) is 0.0940. The van der Waals surface area contributed by atoms with Gasteiger partial charge in [-0.25, -0.2) is 29.9 Å². The Kier molecular flexibility index (Phi) is 20.0. The average Bonchev–Trinajstić information content (AvgIpc) is 1.56. The Hall–Kier alpha value is -18.4. The fourth-order valence-corrected chi connectivity index (χ4v) is 19.3. The predicted octanol–water partition coefficient (Wildman–Crippen LogP) is 33.1. The maximum Gasteiger partial charge on any atom is 0.164 e. The molecule has 0 fully saturated rings. The second kappa shape index (κ2) is 34.2. The molecule has 0 aliphatic carbocycles. The Morgan fingerprint density at radius 3 is 0.662 bits per heavy atom. The molecule has 26 aromatic rings. The lowest BCUT2D eigenvalue weighted by atomic mass is 9.99. The van der Waals surface area contributed by atoms with Gasteiger partial charge in [-0.1, -0.05) is 394 Å². The summed E-state index contributed by atoms with van der Waals surface area (Å²) in [4.78, 5) is 30.8. The van der Waals surface area contributed by atoms with Crippen LogP contribution in [0.3, 0.4) is 0 Å². The molecule has 6 aromatic heterocycles. The van der Waals surface area contributed by atoms with Gasteiger partial charge in [-0.15, -0.1) is 0 Å². The van der Waals surface area contributed by atoms with Crippen LogP contribution in [0.25, 0.3) is 256 Å². The van der Waals surface area contributed by atoms with E-state index in [1.54, 1.807) is 0 Å². The fourth-order valence-electron chi connectivity index (χ4n) is 19.3. The van der Waals surface area contributed by atoms with E-state index in [1.165, 1.54) is 44.2 Å². The van der Waals surface area contributed by atoms with Crippen molar-refractivity contribution >= 4 is 87.5 Å².